The second-order valence-corrected chi connectivity index (χ2v) is 11.4. The molecule has 0 aliphatic carbocycles. The van der Waals surface area contributed by atoms with E-state index in [1.807, 2.05) is 43.3 Å². The lowest BCUT2D eigenvalue weighted by atomic mass is 9.91. The maximum atomic E-state index is 13.3. The van der Waals surface area contributed by atoms with Crippen LogP contribution in [0.15, 0.2) is 48.7 Å². The van der Waals surface area contributed by atoms with E-state index >= 15 is 0 Å². The molecule has 0 spiro atoms. The van der Waals surface area contributed by atoms with Crippen LogP contribution in [0.25, 0.3) is 11.3 Å². The van der Waals surface area contributed by atoms with Crippen molar-refractivity contribution in [1.82, 2.24) is 20.2 Å². The third-order valence-electron chi connectivity index (χ3n) is 7.28. The first-order valence-corrected chi connectivity index (χ1v) is 13.8. The Morgan fingerprint density at radius 3 is 2.73 bits per heavy atom. The van der Waals surface area contributed by atoms with Crippen molar-refractivity contribution in [3.8, 4) is 11.3 Å². The number of amides is 2. The van der Waals surface area contributed by atoms with E-state index in [4.69, 9.17) is 16.3 Å². The predicted molar refractivity (Wildman–Crippen MR) is 153 cm³/mol. The van der Waals surface area contributed by atoms with Crippen molar-refractivity contribution in [3.05, 3.63) is 75.9 Å². The van der Waals surface area contributed by atoms with Crippen molar-refractivity contribution in [2.45, 2.75) is 57.8 Å². The van der Waals surface area contributed by atoms with Gasteiger partial charge in [-0.15, -0.1) is 0 Å². The highest BCUT2D eigenvalue weighted by Crippen LogP contribution is 2.32. The summed E-state index contributed by atoms with van der Waals surface area (Å²) in [6.07, 6.45) is 3.31. The van der Waals surface area contributed by atoms with Crippen molar-refractivity contribution in [2.24, 2.45) is 0 Å². The van der Waals surface area contributed by atoms with E-state index in [0.717, 1.165) is 29.5 Å². The van der Waals surface area contributed by atoms with Crippen LogP contribution in [0.5, 0.6) is 0 Å². The number of ether oxygens (including phenoxy) is 1. The van der Waals surface area contributed by atoms with Gasteiger partial charge in [-0.25, -0.2) is 9.97 Å². The molecular formula is C30H34ClN5O4. The number of carbonyl (C=O) groups is 2. The molecule has 0 unspecified atom stereocenters. The predicted octanol–water partition coefficient (Wildman–Crippen LogP) is 4.28. The van der Waals surface area contributed by atoms with E-state index in [1.54, 1.807) is 26.1 Å². The van der Waals surface area contributed by atoms with Crippen molar-refractivity contribution in [1.29, 1.82) is 0 Å². The zero-order valence-corrected chi connectivity index (χ0v) is 23.7. The molecule has 40 heavy (non-hydrogen) atoms. The third-order valence-corrected chi connectivity index (χ3v) is 7.56. The minimum Gasteiger partial charge on any atom is -0.388 e. The Morgan fingerprint density at radius 2 is 2.00 bits per heavy atom. The van der Waals surface area contributed by atoms with Gasteiger partial charge in [0, 0.05) is 36.9 Å². The highest BCUT2D eigenvalue weighted by atomic mass is 35.5. The number of benzene rings is 2. The van der Waals surface area contributed by atoms with Gasteiger partial charge in [0.2, 0.25) is 11.9 Å². The maximum absolute atomic E-state index is 13.3. The molecule has 1 atom stereocenters. The Hall–Kier alpha value is -3.53. The van der Waals surface area contributed by atoms with Crippen molar-refractivity contribution < 1.29 is 19.4 Å². The average molecular weight is 564 g/mol. The third kappa shape index (κ3) is 6.27. The fourth-order valence-corrected chi connectivity index (χ4v) is 5.40. The molecule has 0 saturated carbocycles. The zero-order valence-electron chi connectivity index (χ0n) is 22.9. The molecule has 3 N–H and O–H groups in total. The fraction of sp³-hybridized carbons (Fsp3) is 0.400. The Bertz CT molecular complexity index is 1420. The molecule has 0 radical (unpaired) electrons. The van der Waals surface area contributed by atoms with Gasteiger partial charge in [0.25, 0.3) is 5.91 Å². The van der Waals surface area contributed by atoms with Crippen LogP contribution in [0.3, 0.4) is 0 Å². The number of hydrogen-bond donors (Lipinski definition) is 3. The Morgan fingerprint density at radius 1 is 1.23 bits per heavy atom. The molecular weight excluding hydrogens is 530 g/mol. The van der Waals surface area contributed by atoms with Crippen LogP contribution >= 0.6 is 11.6 Å². The van der Waals surface area contributed by atoms with Crippen LogP contribution in [0.1, 0.15) is 59.8 Å². The summed E-state index contributed by atoms with van der Waals surface area (Å²) in [5.74, 6) is -0.114. The summed E-state index contributed by atoms with van der Waals surface area (Å²) in [5, 5.41) is 17.4. The van der Waals surface area contributed by atoms with Crippen molar-refractivity contribution in [3.63, 3.8) is 0 Å². The summed E-state index contributed by atoms with van der Waals surface area (Å²) in [7, 11) is 0. The summed E-state index contributed by atoms with van der Waals surface area (Å²) in [4.78, 5) is 36.9. The van der Waals surface area contributed by atoms with Crippen LogP contribution in [0.4, 0.5) is 5.95 Å². The first-order valence-electron chi connectivity index (χ1n) is 13.5. The number of carbonyl (C=O) groups excluding carboxylic acids is 2. The number of aromatic nitrogens is 2. The Labute approximate surface area is 238 Å². The Balaban J connectivity index is 1.30. The normalized spacial score (nSPS) is 16.5. The van der Waals surface area contributed by atoms with Crippen LogP contribution < -0.4 is 10.6 Å². The first kappa shape index (κ1) is 28.0. The Kier molecular flexibility index (Phi) is 8.07. The summed E-state index contributed by atoms with van der Waals surface area (Å²) in [5.41, 5.74) is 3.19. The first-order chi connectivity index (χ1) is 19.1. The lowest BCUT2D eigenvalue weighted by molar-refractivity contribution is -0.124. The van der Waals surface area contributed by atoms with Gasteiger partial charge in [-0.3, -0.25) is 9.59 Å². The van der Waals surface area contributed by atoms with E-state index in [2.05, 4.69) is 20.6 Å². The van der Waals surface area contributed by atoms with Gasteiger partial charge in [-0.1, -0.05) is 53.6 Å². The van der Waals surface area contributed by atoms with Crippen LogP contribution in [-0.4, -0.2) is 63.2 Å². The molecule has 9 nitrogen and oxygen atoms in total. The van der Waals surface area contributed by atoms with Gasteiger partial charge in [0.05, 0.1) is 28.6 Å². The van der Waals surface area contributed by atoms with Gasteiger partial charge in [-0.05, 0) is 50.8 Å². The lowest BCUT2D eigenvalue weighted by Crippen LogP contribution is -2.46. The molecule has 2 aliphatic rings. The topological polar surface area (TPSA) is 117 Å². The molecule has 2 aromatic carbocycles. The van der Waals surface area contributed by atoms with Crippen LogP contribution in [0.2, 0.25) is 5.02 Å². The molecule has 210 valence electrons. The summed E-state index contributed by atoms with van der Waals surface area (Å²) in [6, 6.07) is 12.8. The van der Waals surface area contributed by atoms with Gasteiger partial charge in [0.15, 0.2) is 0 Å². The number of hydrogen-bond acceptors (Lipinski definition) is 7. The number of anilines is 1. The SMILES string of the molecule is Cc1cccc([C@H](NC(=O)CN2Cc3ccc(-c4nc(NC5CCOCC5)ncc4Cl)cc3C2=O)C(C)(C)O)c1. The van der Waals surface area contributed by atoms with Crippen molar-refractivity contribution >= 4 is 29.4 Å². The second kappa shape index (κ2) is 11.5. The molecule has 5 rings (SSSR count). The number of fused-ring (bicyclic) bond motifs is 1. The molecule has 1 fully saturated rings. The minimum atomic E-state index is -1.20. The molecule has 2 aliphatic heterocycles. The van der Waals surface area contributed by atoms with Crippen molar-refractivity contribution in [2.75, 3.05) is 25.1 Å². The number of nitrogens with zero attached hydrogens (tertiary/aromatic N) is 3. The molecule has 3 aromatic rings. The van der Waals surface area contributed by atoms with E-state index < -0.39 is 11.6 Å². The number of rotatable bonds is 8. The maximum Gasteiger partial charge on any atom is 0.254 e. The summed E-state index contributed by atoms with van der Waals surface area (Å²) >= 11 is 6.46. The lowest BCUT2D eigenvalue weighted by Gasteiger charge is -2.31. The number of nitrogens with one attached hydrogen (secondary N) is 2. The van der Waals surface area contributed by atoms with E-state index in [-0.39, 0.29) is 24.4 Å². The quantitative estimate of drug-likeness (QED) is 0.374. The van der Waals surface area contributed by atoms with E-state index in [9.17, 15) is 14.7 Å². The van der Waals surface area contributed by atoms with Crippen LogP contribution in [0, 0.1) is 6.92 Å². The number of aliphatic hydroxyl groups is 1. The fourth-order valence-electron chi connectivity index (χ4n) is 5.20. The highest BCUT2D eigenvalue weighted by molar-refractivity contribution is 6.33. The standard InChI is InChI=1S/C30H34ClN5O4/c1-18-5-4-6-20(13-18)27(30(2,3)39)34-25(37)17-36-16-21-8-7-19(14-23(21)28(36)38)26-24(31)15-32-29(35-26)33-22-9-11-40-12-10-22/h4-8,13-15,22,27,39H,9-12,16-17H2,1-3H3,(H,34,37)(H,32,33,35)/t27-/m0/s1. The second-order valence-electron chi connectivity index (χ2n) is 11.0. The zero-order chi connectivity index (χ0) is 28.4. The average Bonchev–Trinajstić information content (AvgIpc) is 3.22. The smallest absolute Gasteiger partial charge is 0.254 e. The van der Waals surface area contributed by atoms with Gasteiger partial charge in [-0.2, -0.15) is 0 Å². The van der Waals surface area contributed by atoms with Crippen LogP contribution in [-0.2, 0) is 16.1 Å². The highest BCUT2D eigenvalue weighted by Gasteiger charge is 2.33. The molecule has 2 amide bonds. The van der Waals surface area contributed by atoms with E-state index in [1.165, 1.54) is 4.90 Å². The number of halogens is 1. The molecule has 0 bridgehead atoms. The van der Waals surface area contributed by atoms with E-state index in [0.29, 0.717) is 47.6 Å². The summed E-state index contributed by atoms with van der Waals surface area (Å²) in [6.45, 7) is 6.85. The largest absolute Gasteiger partial charge is 0.388 e. The number of aryl methyl sites for hydroxylation is 1. The molecule has 10 heteroatoms. The summed E-state index contributed by atoms with van der Waals surface area (Å²) < 4.78 is 5.42. The van der Waals surface area contributed by atoms with Gasteiger partial charge < -0.3 is 25.4 Å². The molecule has 1 saturated heterocycles. The minimum absolute atomic E-state index is 0.130. The van der Waals surface area contributed by atoms with Gasteiger partial charge >= 0.3 is 0 Å². The van der Waals surface area contributed by atoms with Gasteiger partial charge in [0.1, 0.15) is 6.54 Å². The molecule has 1 aromatic heterocycles. The monoisotopic (exact) mass is 563 g/mol. The molecule has 3 heterocycles.